The zero-order valence-corrected chi connectivity index (χ0v) is 10.6. The first-order valence-electron chi connectivity index (χ1n) is 5.87. The third-order valence-corrected chi connectivity index (χ3v) is 3.23. The number of aromatic nitrogens is 4. The summed E-state index contributed by atoms with van der Waals surface area (Å²) in [6.45, 7) is 4.07. The van der Waals surface area contributed by atoms with Crippen molar-refractivity contribution in [2.24, 2.45) is 5.73 Å². The van der Waals surface area contributed by atoms with E-state index in [-0.39, 0.29) is 0 Å². The Morgan fingerprint density at radius 1 is 1.26 bits per heavy atom. The minimum Gasteiger partial charge on any atom is -0.365 e. The van der Waals surface area contributed by atoms with E-state index in [0.717, 1.165) is 11.0 Å². The fourth-order valence-corrected chi connectivity index (χ4v) is 2.04. The Balaban J connectivity index is 2.21. The Labute approximate surface area is 109 Å². The number of carbonyl (C=O) groups excluding carboxylic acids is 1. The molecule has 6 heteroatoms. The number of primary amides is 1. The highest BCUT2D eigenvalue weighted by Crippen LogP contribution is 2.23. The van der Waals surface area contributed by atoms with Gasteiger partial charge in [-0.2, -0.15) is 5.10 Å². The SMILES string of the molecule is Cc1cc2nc(-c3n[nH]cc3C(N)=O)[nH]c2cc1C. The first kappa shape index (κ1) is 11.5. The van der Waals surface area contributed by atoms with Crippen LogP contribution in [0.3, 0.4) is 0 Å². The summed E-state index contributed by atoms with van der Waals surface area (Å²) in [5.41, 5.74) is 10.2. The molecule has 0 fully saturated rings. The van der Waals surface area contributed by atoms with Gasteiger partial charge in [0.25, 0.3) is 5.91 Å². The highest BCUT2D eigenvalue weighted by atomic mass is 16.1. The zero-order valence-electron chi connectivity index (χ0n) is 10.6. The Bertz CT molecular complexity index is 745. The summed E-state index contributed by atoms with van der Waals surface area (Å²) in [5, 5.41) is 6.66. The maximum absolute atomic E-state index is 11.3. The lowest BCUT2D eigenvalue weighted by atomic mass is 10.1. The Morgan fingerprint density at radius 3 is 2.74 bits per heavy atom. The van der Waals surface area contributed by atoms with Gasteiger partial charge in [-0.05, 0) is 37.1 Å². The highest BCUT2D eigenvalue weighted by molar-refractivity contribution is 5.98. The van der Waals surface area contributed by atoms with Crippen molar-refractivity contribution in [3.8, 4) is 11.5 Å². The monoisotopic (exact) mass is 255 g/mol. The van der Waals surface area contributed by atoms with E-state index in [1.165, 1.54) is 17.3 Å². The largest absolute Gasteiger partial charge is 0.365 e. The molecule has 0 spiro atoms. The standard InChI is InChI=1S/C13H13N5O/c1-6-3-9-10(4-7(6)2)17-13(16-9)11-8(12(14)19)5-15-18-11/h3-5H,1-2H3,(H2,14,19)(H,15,18)(H,16,17). The average molecular weight is 255 g/mol. The molecule has 2 aromatic heterocycles. The van der Waals surface area contributed by atoms with Crippen LogP contribution in [-0.2, 0) is 0 Å². The number of imidazole rings is 1. The van der Waals surface area contributed by atoms with Crippen LogP contribution in [0.25, 0.3) is 22.6 Å². The predicted octanol–water partition coefficient (Wildman–Crippen LogP) is 1.67. The number of benzene rings is 1. The molecule has 0 aliphatic rings. The molecule has 0 aliphatic carbocycles. The molecule has 19 heavy (non-hydrogen) atoms. The molecule has 0 saturated carbocycles. The molecule has 0 aliphatic heterocycles. The van der Waals surface area contributed by atoms with Crippen LogP contribution in [0.1, 0.15) is 21.5 Å². The summed E-state index contributed by atoms with van der Waals surface area (Å²) < 4.78 is 0. The second-order valence-electron chi connectivity index (χ2n) is 4.55. The molecule has 1 aromatic carbocycles. The summed E-state index contributed by atoms with van der Waals surface area (Å²) in [5.74, 6) is 0.00613. The van der Waals surface area contributed by atoms with Gasteiger partial charge in [-0.25, -0.2) is 4.98 Å². The molecule has 2 heterocycles. The fraction of sp³-hybridized carbons (Fsp3) is 0.154. The number of amides is 1. The lowest BCUT2D eigenvalue weighted by Crippen LogP contribution is -2.11. The van der Waals surface area contributed by atoms with Crippen molar-refractivity contribution in [3.63, 3.8) is 0 Å². The van der Waals surface area contributed by atoms with Gasteiger partial charge < -0.3 is 10.7 Å². The van der Waals surface area contributed by atoms with Crippen molar-refractivity contribution >= 4 is 16.9 Å². The van der Waals surface area contributed by atoms with Gasteiger partial charge in [0.15, 0.2) is 5.82 Å². The van der Waals surface area contributed by atoms with E-state index in [1.54, 1.807) is 0 Å². The minimum atomic E-state index is -0.531. The number of hydrogen-bond acceptors (Lipinski definition) is 3. The molecule has 3 aromatic rings. The third kappa shape index (κ3) is 1.77. The van der Waals surface area contributed by atoms with Crippen LogP contribution in [0.15, 0.2) is 18.3 Å². The summed E-state index contributed by atoms with van der Waals surface area (Å²) >= 11 is 0. The number of carbonyl (C=O) groups is 1. The molecule has 0 unspecified atom stereocenters. The summed E-state index contributed by atoms with van der Waals surface area (Å²) in [4.78, 5) is 18.9. The van der Waals surface area contributed by atoms with Gasteiger partial charge in [-0.15, -0.1) is 0 Å². The molecule has 0 radical (unpaired) electrons. The Kier molecular flexibility index (Phi) is 2.38. The molecule has 0 atom stereocenters. The van der Waals surface area contributed by atoms with Gasteiger partial charge in [0.1, 0.15) is 5.69 Å². The smallest absolute Gasteiger partial charge is 0.252 e. The van der Waals surface area contributed by atoms with Crippen molar-refractivity contribution in [2.75, 3.05) is 0 Å². The van der Waals surface area contributed by atoms with Crippen molar-refractivity contribution in [1.82, 2.24) is 20.2 Å². The van der Waals surface area contributed by atoms with E-state index in [2.05, 4.69) is 20.2 Å². The number of nitrogens with two attached hydrogens (primary N) is 1. The van der Waals surface area contributed by atoms with Crippen molar-refractivity contribution in [3.05, 3.63) is 35.0 Å². The number of hydrogen-bond donors (Lipinski definition) is 3. The van der Waals surface area contributed by atoms with Crippen LogP contribution in [0.2, 0.25) is 0 Å². The van der Waals surface area contributed by atoms with Crippen LogP contribution in [-0.4, -0.2) is 26.1 Å². The predicted molar refractivity (Wildman–Crippen MR) is 71.7 cm³/mol. The van der Waals surface area contributed by atoms with Crippen LogP contribution in [0.4, 0.5) is 0 Å². The van der Waals surface area contributed by atoms with Gasteiger partial charge in [0.05, 0.1) is 16.6 Å². The van der Waals surface area contributed by atoms with Gasteiger partial charge in [-0.1, -0.05) is 0 Å². The number of aryl methyl sites for hydroxylation is 2. The molecule has 1 amide bonds. The maximum Gasteiger partial charge on any atom is 0.252 e. The van der Waals surface area contributed by atoms with Crippen LogP contribution < -0.4 is 5.73 Å². The van der Waals surface area contributed by atoms with Crippen LogP contribution in [0.5, 0.6) is 0 Å². The zero-order chi connectivity index (χ0) is 13.6. The first-order valence-corrected chi connectivity index (χ1v) is 5.87. The summed E-state index contributed by atoms with van der Waals surface area (Å²) in [6.07, 6.45) is 1.47. The molecule has 96 valence electrons. The van der Waals surface area contributed by atoms with Crippen molar-refractivity contribution in [1.29, 1.82) is 0 Å². The second kappa shape index (κ2) is 3.94. The Hall–Kier alpha value is -2.63. The van der Waals surface area contributed by atoms with Crippen LogP contribution >= 0.6 is 0 Å². The van der Waals surface area contributed by atoms with E-state index >= 15 is 0 Å². The number of H-pyrrole nitrogens is 2. The Morgan fingerprint density at radius 2 is 2.00 bits per heavy atom. The first-order chi connectivity index (χ1) is 9.06. The highest BCUT2D eigenvalue weighted by Gasteiger charge is 2.16. The molecule has 4 N–H and O–H groups in total. The van der Waals surface area contributed by atoms with Crippen LogP contribution in [0, 0.1) is 13.8 Å². The third-order valence-electron chi connectivity index (χ3n) is 3.23. The molecular weight excluding hydrogens is 242 g/mol. The average Bonchev–Trinajstić information content (AvgIpc) is 2.95. The number of nitrogens with one attached hydrogen (secondary N) is 2. The number of rotatable bonds is 2. The van der Waals surface area contributed by atoms with E-state index in [4.69, 9.17) is 5.73 Å². The lowest BCUT2D eigenvalue weighted by Gasteiger charge is -1.97. The van der Waals surface area contributed by atoms with E-state index in [1.807, 2.05) is 26.0 Å². The number of aromatic amines is 2. The second-order valence-corrected chi connectivity index (χ2v) is 4.55. The minimum absolute atomic E-state index is 0.326. The van der Waals surface area contributed by atoms with Gasteiger partial charge in [0.2, 0.25) is 0 Å². The van der Waals surface area contributed by atoms with E-state index in [9.17, 15) is 4.79 Å². The normalized spacial score (nSPS) is 11.1. The van der Waals surface area contributed by atoms with Gasteiger partial charge in [-0.3, -0.25) is 9.89 Å². The molecule has 0 bridgehead atoms. The van der Waals surface area contributed by atoms with Crippen molar-refractivity contribution < 1.29 is 4.79 Å². The molecule has 3 rings (SSSR count). The van der Waals surface area contributed by atoms with E-state index < -0.39 is 5.91 Å². The fourth-order valence-electron chi connectivity index (χ4n) is 2.04. The number of nitrogens with zero attached hydrogens (tertiary/aromatic N) is 2. The van der Waals surface area contributed by atoms with Crippen molar-refractivity contribution in [2.45, 2.75) is 13.8 Å². The molecule has 0 saturated heterocycles. The molecule has 6 nitrogen and oxygen atoms in total. The maximum atomic E-state index is 11.3. The quantitative estimate of drug-likeness (QED) is 0.649. The van der Waals surface area contributed by atoms with Gasteiger partial charge >= 0.3 is 0 Å². The summed E-state index contributed by atoms with van der Waals surface area (Å²) in [7, 11) is 0. The summed E-state index contributed by atoms with van der Waals surface area (Å²) in [6, 6.07) is 4.03. The lowest BCUT2D eigenvalue weighted by molar-refractivity contribution is 0.100. The number of fused-ring (bicyclic) bond motifs is 1. The van der Waals surface area contributed by atoms with E-state index in [0.29, 0.717) is 17.1 Å². The topological polar surface area (TPSA) is 100 Å². The van der Waals surface area contributed by atoms with Gasteiger partial charge in [0, 0.05) is 6.20 Å². The molecular formula is C13H13N5O.